The Morgan fingerprint density at radius 1 is 1.25 bits per heavy atom. The number of anilines is 1. The fourth-order valence-corrected chi connectivity index (χ4v) is 1.79. The van der Waals surface area contributed by atoms with E-state index in [0.717, 1.165) is 24.3 Å². The summed E-state index contributed by atoms with van der Waals surface area (Å²) in [6.45, 7) is 3.04. The van der Waals surface area contributed by atoms with Crippen LogP contribution in [0, 0.1) is 0 Å². The van der Waals surface area contributed by atoms with Gasteiger partial charge in [0.15, 0.2) is 0 Å². The van der Waals surface area contributed by atoms with Crippen molar-refractivity contribution >= 4 is 5.82 Å². The molecule has 1 aromatic carbocycles. The molecule has 0 saturated heterocycles. The van der Waals surface area contributed by atoms with Crippen molar-refractivity contribution in [3.8, 4) is 11.6 Å². The molecular formula is C15H19N3O2. The molecule has 5 heteroatoms. The number of hydrogen-bond acceptors (Lipinski definition) is 5. The monoisotopic (exact) mass is 273 g/mol. The van der Waals surface area contributed by atoms with Gasteiger partial charge in [0.05, 0.1) is 0 Å². The van der Waals surface area contributed by atoms with Crippen molar-refractivity contribution in [2.75, 3.05) is 18.5 Å². The van der Waals surface area contributed by atoms with Gasteiger partial charge in [0.1, 0.15) is 17.9 Å². The van der Waals surface area contributed by atoms with Crippen LogP contribution in [0.1, 0.15) is 18.9 Å². The van der Waals surface area contributed by atoms with Crippen molar-refractivity contribution in [2.45, 2.75) is 19.8 Å². The maximum atomic E-state index is 9.06. The number of nitrogens with zero attached hydrogens (tertiary/aromatic N) is 2. The fraction of sp³-hybridized carbons (Fsp3) is 0.333. The third-order valence-electron chi connectivity index (χ3n) is 2.77. The number of aromatic nitrogens is 2. The highest BCUT2D eigenvalue weighted by molar-refractivity contribution is 5.41. The number of hydrogen-bond donors (Lipinski definition) is 2. The number of aliphatic hydroxyl groups excluding tert-OH is 1. The molecule has 2 aromatic rings. The van der Waals surface area contributed by atoms with E-state index < -0.39 is 0 Å². The largest absolute Gasteiger partial charge is 0.439 e. The van der Waals surface area contributed by atoms with Crippen molar-refractivity contribution < 1.29 is 9.84 Å². The lowest BCUT2D eigenvalue weighted by Gasteiger charge is -2.10. The van der Waals surface area contributed by atoms with Crippen molar-refractivity contribution in [3.05, 3.63) is 42.2 Å². The van der Waals surface area contributed by atoms with E-state index in [0.29, 0.717) is 18.1 Å². The Labute approximate surface area is 118 Å². The number of para-hydroxylation sites is 1. The molecule has 0 radical (unpaired) electrons. The maximum absolute atomic E-state index is 9.06. The molecule has 5 nitrogen and oxygen atoms in total. The number of ether oxygens (including phenoxy) is 1. The van der Waals surface area contributed by atoms with Gasteiger partial charge in [-0.25, -0.2) is 9.97 Å². The standard InChI is InChI=1S/C15H19N3O2/c1-2-8-16-14-10-15(18-11-17-14)20-13-6-4-3-5-12(13)7-9-19/h3-6,10-11,19H,2,7-9H2,1H3,(H,16,17,18). The van der Waals surface area contributed by atoms with Crippen LogP contribution in [0.4, 0.5) is 5.82 Å². The summed E-state index contributed by atoms with van der Waals surface area (Å²) in [4.78, 5) is 8.24. The Morgan fingerprint density at radius 2 is 2.10 bits per heavy atom. The highest BCUT2D eigenvalue weighted by Crippen LogP contribution is 2.24. The lowest BCUT2D eigenvalue weighted by Crippen LogP contribution is -2.03. The first-order valence-electron chi connectivity index (χ1n) is 6.76. The van der Waals surface area contributed by atoms with Crippen LogP contribution in [0.25, 0.3) is 0 Å². The van der Waals surface area contributed by atoms with Gasteiger partial charge in [-0.3, -0.25) is 0 Å². The van der Waals surface area contributed by atoms with Gasteiger partial charge in [-0.15, -0.1) is 0 Å². The summed E-state index contributed by atoms with van der Waals surface area (Å²) >= 11 is 0. The van der Waals surface area contributed by atoms with Crippen LogP contribution < -0.4 is 10.1 Å². The van der Waals surface area contributed by atoms with Crippen molar-refractivity contribution in [1.82, 2.24) is 9.97 Å². The van der Waals surface area contributed by atoms with E-state index in [1.807, 2.05) is 24.3 Å². The Kier molecular flexibility index (Phi) is 5.32. The zero-order valence-electron chi connectivity index (χ0n) is 11.5. The van der Waals surface area contributed by atoms with Crippen LogP contribution >= 0.6 is 0 Å². The highest BCUT2D eigenvalue weighted by atomic mass is 16.5. The van der Waals surface area contributed by atoms with Crippen LogP contribution in [0.3, 0.4) is 0 Å². The molecule has 0 atom stereocenters. The topological polar surface area (TPSA) is 67.3 Å². The van der Waals surface area contributed by atoms with E-state index >= 15 is 0 Å². The lowest BCUT2D eigenvalue weighted by atomic mass is 10.1. The second-order valence-corrected chi connectivity index (χ2v) is 4.35. The first kappa shape index (κ1) is 14.3. The van der Waals surface area contributed by atoms with Gasteiger partial charge < -0.3 is 15.2 Å². The second kappa shape index (κ2) is 7.45. The van der Waals surface area contributed by atoms with Gasteiger partial charge in [-0.05, 0) is 24.5 Å². The second-order valence-electron chi connectivity index (χ2n) is 4.35. The molecule has 0 aliphatic rings. The van der Waals surface area contributed by atoms with Crippen LogP contribution in [0.2, 0.25) is 0 Å². The lowest BCUT2D eigenvalue weighted by molar-refractivity contribution is 0.297. The van der Waals surface area contributed by atoms with E-state index in [2.05, 4.69) is 22.2 Å². The number of aliphatic hydroxyl groups is 1. The summed E-state index contributed by atoms with van der Waals surface area (Å²) in [5, 5.41) is 12.2. The first-order chi connectivity index (χ1) is 9.83. The van der Waals surface area contributed by atoms with Gasteiger partial charge in [0.2, 0.25) is 5.88 Å². The zero-order valence-corrected chi connectivity index (χ0v) is 11.5. The van der Waals surface area contributed by atoms with E-state index in [1.165, 1.54) is 6.33 Å². The number of rotatable bonds is 7. The smallest absolute Gasteiger partial charge is 0.224 e. The normalized spacial score (nSPS) is 10.3. The van der Waals surface area contributed by atoms with E-state index in [-0.39, 0.29) is 6.61 Å². The quantitative estimate of drug-likeness (QED) is 0.811. The van der Waals surface area contributed by atoms with E-state index in [1.54, 1.807) is 6.07 Å². The molecular weight excluding hydrogens is 254 g/mol. The summed E-state index contributed by atoms with van der Waals surface area (Å²) < 4.78 is 5.78. The molecule has 0 amide bonds. The molecule has 0 aliphatic heterocycles. The van der Waals surface area contributed by atoms with Gasteiger partial charge >= 0.3 is 0 Å². The molecule has 1 heterocycles. The molecule has 0 unspecified atom stereocenters. The van der Waals surface area contributed by atoms with Crippen LogP contribution in [-0.4, -0.2) is 28.2 Å². The predicted octanol–water partition coefficient (Wildman–Crippen LogP) is 2.63. The third kappa shape index (κ3) is 3.93. The Hall–Kier alpha value is -2.14. The van der Waals surface area contributed by atoms with Crippen molar-refractivity contribution in [1.29, 1.82) is 0 Å². The summed E-state index contributed by atoms with van der Waals surface area (Å²) in [6, 6.07) is 9.39. The summed E-state index contributed by atoms with van der Waals surface area (Å²) in [6.07, 6.45) is 3.06. The molecule has 2 N–H and O–H groups in total. The molecule has 0 saturated carbocycles. The van der Waals surface area contributed by atoms with Crippen molar-refractivity contribution in [2.24, 2.45) is 0 Å². The van der Waals surface area contributed by atoms with Gasteiger partial charge in [-0.1, -0.05) is 25.1 Å². The number of benzene rings is 1. The van der Waals surface area contributed by atoms with Gasteiger partial charge in [0.25, 0.3) is 0 Å². The van der Waals surface area contributed by atoms with Gasteiger partial charge in [-0.2, -0.15) is 0 Å². The molecule has 2 rings (SSSR count). The van der Waals surface area contributed by atoms with Crippen LogP contribution in [0.15, 0.2) is 36.7 Å². The highest BCUT2D eigenvalue weighted by Gasteiger charge is 2.06. The Morgan fingerprint density at radius 3 is 2.90 bits per heavy atom. The third-order valence-corrected chi connectivity index (χ3v) is 2.77. The first-order valence-corrected chi connectivity index (χ1v) is 6.76. The molecule has 1 aromatic heterocycles. The number of nitrogens with one attached hydrogen (secondary N) is 1. The maximum Gasteiger partial charge on any atom is 0.224 e. The summed E-state index contributed by atoms with van der Waals surface area (Å²) in [7, 11) is 0. The molecule has 0 bridgehead atoms. The molecule has 0 fully saturated rings. The van der Waals surface area contributed by atoms with Crippen molar-refractivity contribution in [3.63, 3.8) is 0 Å². The van der Waals surface area contributed by atoms with Gasteiger partial charge in [0, 0.05) is 19.2 Å². The van der Waals surface area contributed by atoms with Crippen LogP contribution in [-0.2, 0) is 6.42 Å². The van der Waals surface area contributed by atoms with Crippen LogP contribution in [0.5, 0.6) is 11.6 Å². The predicted molar refractivity (Wildman–Crippen MR) is 78.1 cm³/mol. The van der Waals surface area contributed by atoms with E-state index in [9.17, 15) is 0 Å². The minimum atomic E-state index is 0.0907. The zero-order chi connectivity index (χ0) is 14.2. The minimum Gasteiger partial charge on any atom is -0.439 e. The molecule has 0 spiro atoms. The minimum absolute atomic E-state index is 0.0907. The Bertz CT molecular complexity index is 546. The SMILES string of the molecule is CCCNc1cc(Oc2ccccc2CCO)ncn1. The average molecular weight is 273 g/mol. The summed E-state index contributed by atoms with van der Waals surface area (Å²) in [5.74, 6) is 1.95. The molecule has 106 valence electrons. The average Bonchev–Trinajstić information content (AvgIpc) is 2.48. The Balaban J connectivity index is 2.13. The molecule has 20 heavy (non-hydrogen) atoms. The summed E-state index contributed by atoms with van der Waals surface area (Å²) in [5.41, 5.74) is 0.955. The van der Waals surface area contributed by atoms with E-state index in [4.69, 9.17) is 9.84 Å². The fourth-order valence-electron chi connectivity index (χ4n) is 1.79. The molecule has 0 aliphatic carbocycles.